The largest absolute Gasteiger partial charge is 0.372 e. The molecule has 178 valence electrons. The Kier molecular flexibility index (Phi) is 7.66. The van der Waals surface area contributed by atoms with Crippen molar-refractivity contribution in [2.45, 2.75) is 24.2 Å². The highest BCUT2D eigenvalue weighted by Crippen LogP contribution is 2.35. The topological polar surface area (TPSA) is 69.7 Å². The van der Waals surface area contributed by atoms with Crippen molar-refractivity contribution in [1.82, 2.24) is 0 Å². The van der Waals surface area contributed by atoms with E-state index in [1.807, 2.05) is 24.3 Å². The third kappa shape index (κ3) is 5.49. The van der Waals surface area contributed by atoms with E-state index in [1.54, 1.807) is 30.3 Å². The van der Waals surface area contributed by atoms with E-state index in [1.165, 1.54) is 37.5 Å². The molecule has 1 amide bonds. The van der Waals surface area contributed by atoms with E-state index in [9.17, 15) is 13.2 Å². The van der Waals surface area contributed by atoms with Gasteiger partial charge in [-0.05, 0) is 67.8 Å². The minimum Gasteiger partial charge on any atom is -0.372 e. The second-order valence-electron chi connectivity index (χ2n) is 8.04. The highest BCUT2D eigenvalue weighted by atomic mass is 35.5. The van der Waals surface area contributed by atoms with E-state index in [-0.39, 0.29) is 20.6 Å². The first-order chi connectivity index (χ1) is 16.4. The second kappa shape index (κ2) is 10.7. The second-order valence-corrected chi connectivity index (χ2v) is 10.7. The summed E-state index contributed by atoms with van der Waals surface area (Å²) in [6, 6.07) is 20.2. The average molecular weight is 518 g/mol. The van der Waals surface area contributed by atoms with Crippen molar-refractivity contribution < 1.29 is 13.2 Å². The van der Waals surface area contributed by atoms with E-state index < -0.39 is 22.5 Å². The Morgan fingerprint density at radius 2 is 1.56 bits per heavy atom. The summed E-state index contributed by atoms with van der Waals surface area (Å²) in [6.07, 6.45) is 3.61. The van der Waals surface area contributed by atoms with Crippen molar-refractivity contribution in [2.75, 3.05) is 34.2 Å². The number of hydrogen-bond acceptors (Lipinski definition) is 4. The van der Waals surface area contributed by atoms with Gasteiger partial charge in [-0.3, -0.25) is 9.10 Å². The van der Waals surface area contributed by atoms with Gasteiger partial charge in [0.1, 0.15) is 6.54 Å². The minimum atomic E-state index is -4.08. The highest BCUT2D eigenvalue weighted by Gasteiger charge is 2.29. The van der Waals surface area contributed by atoms with Gasteiger partial charge in [0.05, 0.1) is 20.6 Å². The molecule has 0 aromatic heterocycles. The van der Waals surface area contributed by atoms with Gasteiger partial charge in [0.2, 0.25) is 5.91 Å². The number of piperidine rings is 1. The number of rotatable bonds is 7. The molecule has 1 N–H and O–H groups in total. The van der Waals surface area contributed by atoms with Crippen molar-refractivity contribution in [3.05, 3.63) is 82.8 Å². The van der Waals surface area contributed by atoms with Gasteiger partial charge in [0.15, 0.2) is 0 Å². The third-order valence-electron chi connectivity index (χ3n) is 5.69. The molecule has 34 heavy (non-hydrogen) atoms. The van der Waals surface area contributed by atoms with Crippen molar-refractivity contribution >= 4 is 56.2 Å². The fourth-order valence-electron chi connectivity index (χ4n) is 3.94. The molecule has 1 saturated heterocycles. The average Bonchev–Trinajstić information content (AvgIpc) is 2.86. The molecule has 1 fully saturated rings. The highest BCUT2D eigenvalue weighted by molar-refractivity contribution is 7.92. The molecule has 9 heteroatoms. The van der Waals surface area contributed by atoms with E-state index >= 15 is 0 Å². The summed E-state index contributed by atoms with van der Waals surface area (Å²) in [5.41, 5.74) is 1.82. The van der Waals surface area contributed by atoms with Crippen LogP contribution in [0.2, 0.25) is 10.0 Å². The molecule has 3 aromatic carbocycles. The number of nitrogens with zero attached hydrogens (tertiary/aromatic N) is 2. The van der Waals surface area contributed by atoms with E-state index in [2.05, 4.69) is 10.2 Å². The van der Waals surface area contributed by atoms with Crippen LogP contribution in [0, 0.1) is 0 Å². The lowest BCUT2D eigenvalue weighted by Gasteiger charge is -2.29. The Hall–Kier alpha value is -2.74. The first-order valence-electron chi connectivity index (χ1n) is 11.0. The molecule has 0 atom stereocenters. The minimum absolute atomic E-state index is 0.0460. The number of amides is 1. The molecule has 0 spiro atoms. The predicted octanol–water partition coefficient (Wildman–Crippen LogP) is 5.82. The zero-order chi connectivity index (χ0) is 24.1. The summed E-state index contributed by atoms with van der Waals surface area (Å²) >= 11 is 12.5. The molecule has 0 aliphatic carbocycles. The molecule has 1 aliphatic rings. The Morgan fingerprint density at radius 1 is 0.882 bits per heavy atom. The van der Waals surface area contributed by atoms with Crippen LogP contribution in [0.1, 0.15) is 19.3 Å². The molecule has 6 nitrogen and oxygen atoms in total. The molecule has 0 unspecified atom stereocenters. The molecule has 0 saturated carbocycles. The number of carbonyl (C=O) groups excluding carboxylic acids is 1. The first kappa shape index (κ1) is 24.4. The zero-order valence-electron chi connectivity index (χ0n) is 18.5. The summed E-state index contributed by atoms with van der Waals surface area (Å²) in [4.78, 5) is 15.3. The number of benzene rings is 3. The number of anilines is 3. The van der Waals surface area contributed by atoms with E-state index in [4.69, 9.17) is 23.2 Å². The SMILES string of the molecule is O=C(CN(c1cccc(Cl)c1Cl)S(=O)(=O)c1ccccc1)Nc1ccc(N2CCCCC2)cc1. The Morgan fingerprint density at radius 3 is 2.24 bits per heavy atom. The maximum absolute atomic E-state index is 13.4. The molecule has 4 rings (SSSR count). The van der Waals surface area contributed by atoms with Crippen LogP contribution in [0.3, 0.4) is 0 Å². The van der Waals surface area contributed by atoms with Crippen molar-refractivity contribution in [3.8, 4) is 0 Å². The molecule has 0 bridgehead atoms. The smallest absolute Gasteiger partial charge is 0.264 e. The summed E-state index contributed by atoms with van der Waals surface area (Å²) in [7, 11) is -4.08. The number of hydrogen-bond donors (Lipinski definition) is 1. The normalized spacial score (nSPS) is 14.0. The van der Waals surface area contributed by atoms with Crippen LogP contribution >= 0.6 is 23.2 Å². The Bertz CT molecular complexity index is 1250. The van der Waals surface area contributed by atoms with Gasteiger partial charge in [0.25, 0.3) is 10.0 Å². The van der Waals surface area contributed by atoms with Crippen molar-refractivity contribution in [2.24, 2.45) is 0 Å². The van der Waals surface area contributed by atoms with Gasteiger partial charge in [-0.25, -0.2) is 8.42 Å². The van der Waals surface area contributed by atoms with Gasteiger partial charge >= 0.3 is 0 Å². The molecule has 1 heterocycles. The Balaban J connectivity index is 1.56. The van der Waals surface area contributed by atoms with Crippen LogP contribution < -0.4 is 14.5 Å². The number of halogens is 2. The molecule has 0 radical (unpaired) electrons. The summed E-state index contributed by atoms with van der Waals surface area (Å²) < 4.78 is 27.9. The van der Waals surface area contributed by atoms with Crippen LogP contribution in [0.5, 0.6) is 0 Å². The van der Waals surface area contributed by atoms with Crippen molar-refractivity contribution in [3.63, 3.8) is 0 Å². The van der Waals surface area contributed by atoms with Crippen LogP contribution in [0.25, 0.3) is 0 Å². The predicted molar refractivity (Wildman–Crippen MR) is 139 cm³/mol. The monoisotopic (exact) mass is 517 g/mol. The van der Waals surface area contributed by atoms with Crippen molar-refractivity contribution in [1.29, 1.82) is 0 Å². The van der Waals surface area contributed by atoms with Gasteiger partial charge in [-0.1, -0.05) is 47.5 Å². The third-order valence-corrected chi connectivity index (χ3v) is 8.27. The summed E-state index contributed by atoms with van der Waals surface area (Å²) in [5.74, 6) is -0.499. The lowest BCUT2D eigenvalue weighted by Crippen LogP contribution is -2.38. The lowest BCUT2D eigenvalue weighted by molar-refractivity contribution is -0.114. The first-order valence-corrected chi connectivity index (χ1v) is 13.2. The summed E-state index contributed by atoms with van der Waals surface area (Å²) in [5, 5.41) is 3.04. The van der Waals surface area contributed by atoms with Gasteiger partial charge < -0.3 is 10.2 Å². The standard InChI is InChI=1S/C25H25Cl2N3O3S/c26-22-10-7-11-23(25(22)27)30(34(32,33)21-8-3-1-4-9-21)18-24(31)28-19-12-14-20(15-13-19)29-16-5-2-6-17-29/h1,3-4,7-15H,2,5-6,16-18H2,(H,28,31). The lowest BCUT2D eigenvalue weighted by atomic mass is 10.1. The molecular formula is C25H25Cl2N3O3S. The fraction of sp³-hybridized carbons (Fsp3) is 0.240. The quantitative estimate of drug-likeness (QED) is 0.428. The summed E-state index contributed by atoms with van der Waals surface area (Å²) in [6.45, 7) is 1.59. The molecule has 1 aliphatic heterocycles. The van der Waals surface area contributed by atoms with Gasteiger partial charge in [0, 0.05) is 24.5 Å². The van der Waals surface area contributed by atoms with Crippen LogP contribution in [-0.2, 0) is 14.8 Å². The zero-order valence-corrected chi connectivity index (χ0v) is 20.8. The van der Waals surface area contributed by atoms with Crippen LogP contribution in [0.15, 0.2) is 77.7 Å². The van der Waals surface area contributed by atoms with Gasteiger partial charge in [-0.15, -0.1) is 0 Å². The number of nitrogens with one attached hydrogen (secondary N) is 1. The fourth-order valence-corrected chi connectivity index (χ4v) is 5.84. The maximum Gasteiger partial charge on any atom is 0.264 e. The van der Waals surface area contributed by atoms with Crippen LogP contribution in [0.4, 0.5) is 17.1 Å². The Labute approximate surface area is 210 Å². The number of sulfonamides is 1. The van der Waals surface area contributed by atoms with Gasteiger partial charge in [-0.2, -0.15) is 0 Å². The van der Waals surface area contributed by atoms with E-state index in [0.29, 0.717) is 5.69 Å². The molecule has 3 aromatic rings. The number of carbonyl (C=O) groups is 1. The van der Waals surface area contributed by atoms with E-state index in [0.717, 1.165) is 23.1 Å². The maximum atomic E-state index is 13.4. The molecular weight excluding hydrogens is 493 g/mol. The van der Waals surface area contributed by atoms with Crippen LogP contribution in [-0.4, -0.2) is 34.0 Å².